The van der Waals surface area contributed by atoms with Crippen molar-refractivity contribution in [2.24, 2.45) is 0 Å². The molecular weight excluding hydrogens is 286 g/mol. The summed E-state index contributed by atoms with van der Waals surface area (Å²) in [5.41, 5.74) is 0.289. The summed E-state index contributed by atoms with van der Waals surface area (Å²) in [6.07, 6.45) is 4.24. The van der Waals surface area contributed by atoms with Crippen LogP contribution in [0.15, 0.2) is 12.4 Å². The second-order valence-electron chi connectivity index (χ2n) is 4.66. The normalized spacial score (nSPS) is 21.3. The molecule has 1 aliphatic rings. The summed E-state index contributed by atoms with van der Waals surface area (Å²) < 4.78 is 24.8. The molecule has 1 amide bonds. The molecule has 110 valence electrons. The van der Waals surface area contributed by atoms with Crippen molar-refractivity contribution in [2.75, 3.05) is 11.1 Å². The van der Waals surface area contributed by atoms with Gasteiger partial charge in [0.15, 0.2) is 9.84 Å². The molecule has 1 aromatic rings. The van der Waals surface area contributed by atoms with Gasteiger partial charge < -0.3 is 10.4 Å². The summed E-state index contributed by atoms with van der Waals surface area (Å²) >= 11 is 0. The van der Waals surface area contributed by atoms with Crippen LogP contribution in [0, 0.1) is 0 Å². The van der Waals surface area contributed by atoms with Gasteiger partial charge in [0, 0.05) is 6.20 Å². The molecule has 0 spiro atoms. The fourth-order valence-corrected chi connectivity index (χ4v) is 3.93. The van der Waals surface area contributed by atoms with E-state index >= 15 is 0 Å². The van der Waals surface area contributed by atoms with E-state index in [2.05, 4.69) is 10.4 Å². The van der Waals surface area contributed by atoms with Gasteiger partial charge in [-0.25, -0.2) is 8.42 Å². The van der Waals surface area contributed by atoms with Gasteiger partial charge in [-0.2, -0.15) is 5.10 Å². The van der Waals surface area contributed by atoms with Gasteiger partial charge in [0.1, 0.15) is 11.8 Å². The maximum absolute atomic E-state index is 12.0. The smallest absolute Gasteiger partial charge is 0.325 e. The van der Waals surface area contributed by atoms with E-state index in [9.17, 15) is 18.0 Å². The number of aromatic nitrogens is 2. The number of anilines is 1. The van der Waals surface area contributed by atoms with Crippen LogP contribution in [-0.4, -0.2) is 46.2 Å². The van der Waals surface area contributed by atoms with Crippen molar-refractivity contribution in [3.05, 3.63) is 12.4 Å². The Hall–Kier alpha value is -1.90. The number of carbonyl (C=O) groups excluding carboxylic acids is 1. The van der Waals surface area contributed by atoms with E-state index in [1.807, 2.05) is 0 Å². The van der Waals surface area contributed by atoms with Gasteiger partial charge in [0.25, 0.3) is 0 Å². The van der Waals surface area contributed by atoms with Crippen molar-refractivity contribution in [3.8, 4) is 0 Å². The standard InChI is InChI=1S/C11H15N3O5S/c15-10(16)7-14-6-8(5-12-14)13-11(17)9-3-1-2-4-20(9,18)19/h5-6,9H,1-4,7H2,(H,13,17)(H,15,16). The molecule has 0 radical (unpaired) electrons. The van der Waals surface area contributed by atoms with E-state index in [0.29, 0.717) is 19.3 Å². The van der Waals surface area contributed by atoms with Crippen molar-refractivity contribution >= 4 is 27.4 Å². The summed E-state index contributed by atoms with van der Waals surface area (Å²) in [6.45, 7) is -0.322. The van der Waals surface area contributed by atoms with Gasteiger partial charge in [-0.05, 0) is 12.8 Å². The zero-order valence-corrected chi connectivity index (χ0v) is 11.5. The molecule has 1 unspecified atom stereocenters. The summed E-state index contributed by atoms with van der Waals surface area (Å²) in [5.74, 6) is -1.61. The average molecular weight is 301 g/mol. The van der Waals surface area contributed by atoms with Gasteiger partial charge in [-0.1, -0.05) is 6.42 Å². The lowest BCUT2D eigenvalue weighted by atomic mass is 10.2. The van der Waals surface area contributed by atoms with Crippen molar-refractivity contribution in [1.82, 2.24) is 9.78 Å². The highest BCUT2D eigenvalue weighted by Crippen LogP contribution is 2.21. The Balaban J connectivity index is 2.04. The van der Waals surface area contributed by atoms with Crippen molar-refractivity contribution < 1.29 is 23.1 Å². The molecule has 20 heavy (non-hydrogen) atoms. The van der Waals surface area contributed by atoms with Crippen LogP contribution >= 0.6 is 0 Å². The molecule has 1 fully saturated rings. The number of hydrogen-bond acceptors (Lipinski definition) is 5. The minimum atomic E-state index is -3.39. The van der Waals surface area contributed by atoms with E-state index in [-0.39, 0.29) is 18.0 Å². The molecule has 2 rings (SSSR count). The first-order chi connectivity index (χ1) is 9.38. The second-order valence-corrected chi connectivity index (χ2v) is 6.96. The van der Waals surface area contributed by atoms with Gasteiger partial charge in [0.05, 0.1) is 17.6 Å². The topological polar surface area (TPSA) is 118 Å². The maximum Gasteiger partial charge on any atom is 0.325 e. The number of carbonyl (C=O) groups is 2. The number of nitrogens with zero attached hydrogens (tertiary/aromatic N) is 2. The maximum atomic E-state index is 12.0. The van der Waals surface area contributed by atoms with Crippen molar-refractivity contribution in [3.63, 3.8) is 0 Å². The number of carboxylic acid groups (broad SMARTS) is 1. The van der Waals surface area contributed by atoms with Crippen LogP contribution in [0.4, 0.5) is 5.69 Å². The molecule has 0 aliphatic carbocycles. The number of aliphatic carboxylic acids is 1. The SMILES string of the molecule is O=C(O)Cn1cc(NC(=O)C2CCCCS2(=O)=O)cn1. The van der Waals surface area contributed by atoms with Crippen LogP contribution in [-0.2, 0) is 26.0 Å². The molecule has 0 saturated carbocycles. The first-order valence-electron chi connectivity index (χ1n) is 6.15. The first-order valence-corrected chi connectivity index (χ1v) is 7.87. The minimum Gasteiger partial charge on any atom is -0.480 e. The van der Waals surface area contributed by atoms with E-state index in [1.54, 1.807) is 0 Å². The molecule has 1 aromatic heterocycles. The summed E-state index contributed by atoms with van der Waals surface area (Å²) in [4.78, 5) is 22.5. The Morgan fingerprint density at radius 1 is 1.45 bits per heavy atom. The molecular formula is C11H15N3O5S. The van der Waals surface area contributed by atoms with Gasteiger partial charge in [0.2, 0.25) is 5.91 Å². The molecule has 1 atom stereocenters. The third kappa shape index (κ3) is 3.35. The Morgan fingerprint density at radius 3 is 2.85 bits per heavy atom. The predicted molar refractivity (Wildman–Crippen MR) is 69.9 cm³/mol. The summed E-state index contributed by atoms with van der Waals surface area (Å²) in [5, 5.41) is 13.8. The fraction of sp³-hybridized carbons (Fsp3) is 0.545. The Bertz CT molecular complexity index is 622. The molecule has 8 nitrogen and oxygen atoms in total. The lowest BCUT2D eigenvalue weighted by molar-refractivity contribution is -0.137. The number of hydrogen-bond donors (Lipinski definition) is 2. The zero-order valence-electron chi connectivity index (χ0n) is 10.7. The Morgan fingerprint density at radius 2 is 2.20 bits per heavy atom. The van der Waals surface area contributed by atoms with E-state index in [4.69, 9.17) is 5.11 Å². The summed E-state index contributed by atoms with van der Waals surface area (Å²) in [7, 11) is -3.39. The van der Waals surface area contributed by atoms with Crippen LogP contribution < -0.4 is 5.32 Å². The number of sulfone groups is 1. The molecule has 2 N–H and O–H groups in total. The quantitative estimate of drug-likeness (QED) is 0.800. The van der Waals surface area contributed by atoms with Crippen molar-refractivity contribution in [1.29, 1.82) is 0 Å². The third-order valence-electron chi connectivity index (χ3n) is 3.07. The van der Waals surface area contributed by atoms with Crippen LogP contribution in [0.5, 0.6) is 0 Å². The lowest BCUT2D eigenvalue weighted by Crippen LogP contribution is -2.39. The highest BCUT2D eigenvalue weighted by Gasteiger charge is 2.34. The van der Waals surface area contributed by atoms with Gasteiger partial charge >= 0.3 is 5.97 Å². The van der Waals surface area contributed by atoms with Crippen LogP contribution in [0.25, 0.3) is 0 Å². The van der Waals surface area contributed by atoms with E-state index in [1.165, 1.54) is 12.4 Å². The average Bonchev–Trinajstić information content (AvgIpc) is 2.74. The van der Waals surface area contributed by atoms with Gasteiger partial charge in [-0.15, -0.1) is 0 Å². The number of amides is 1. The predicted octanol–water partition coefficient (Wildman–Crippen LogP) is -0.127. The fourth-order valence-electron chi connectivity index (χ4n) is 2.12. The monoisotopic (exact) mass is 301 g/mol. The molecule has 2 heterocycles. The van der Waals surface area contributed by atoms with Crippen molar-refractivity contribution in [2.45, 2.75) is 31.1 Å². The van der Waals surface area contributed by atoms with Crippen LogP contribution in [0.1, 0.15) is 19.3 Å². The molecule has 0 aromatic carbocycles. The largest absolute Gasteiger partial charge is 0.480 e. The molecule has 1 aliphatic heterocycles. The Labute approximate surface area is 115 Å². The lowest BCUT2D eigenvalue weighted by Gasteiger charge is -2.20. The van der Waals surface area contributed by atoms with E-state index in [0.717, 1.165) is 4.68 Å². The summed E-state index contributed by atoms with van der Waals surface area (Å²) in [6, 6.07) is 0. The number of carboxylic acids is 1. The van der Waals surface area contributed by atoms with Crippen LogP contribution in [0.3, 0.4) is 0 Å². The zero-order chi connectivity index (χ0) is 14.8. The van der Waals surface area contributed by atoms with Crippen LogP contribution in [0.2, 0.25) is 0 Å². The number of rotatable bonds is 4. The second kappa shape index (κ2) is 5.61. The third-order valence-corrected chi connectivity index (χ3v) is 5.24. The Kier molecular flexibility index (Phi) is 4.07. The minimum absolute atomic E-state index is 0.0311. The molecule has 0 bridgehead atoms. The highest BCUT2D eigenvalue weighted by molar-refractivity contribution is 7.92. The van der Waals surface area contributed by atoms with E-state index < -0.39 is 27.0 Å². The molecule has 1 saturated heterocycles. The van der Waals surface area contributed by atoms with Gasteiger partial charge in [-0.3, -0.25) is 14.3 Å². The highest BCUT2D eigenvalue weighted by atomic mass is 32.2. The number of nitrogens with one attached hydrogen (secondary N) is 1. The first kappa shape index (κ1) is 14.5. The molecule has 9 heteroatoms.